The molecule has 0 aromatic heterocycles. The topological polar surface area (TPSA) is 24.1 Å². The van der Waals surface area contributed by atoms with Gasteiger partial charge in [-0.3, -0.25) is 0 Å². The van der Waals surface area contributed by atoms with Gasteiger partial charge in [-0.1, -0.05) is 6.42 Å². The van der Waals surface area contributed by atoms with E-state index in [0.29, 0.717) is 4.75 Å². The van der Waals surface area contributed by atoms with Crippen LogP contribution in [0.25, 0.3) is 0 Å². The maximum absolute atomic E-state index is 3.63. The van der Waals surface area contributed by atoms with Gasteiger partial charge in [0.15, 0.2) is 0 Å². The fraction of sp³-hybridized carbons (Fsp3) is 1.00. The highest BCUT2D eigenvalue weighted by atomic mass is 32.2. The standard InChI is InChI=1S/C9H18N2S/c1-12-9(3-2-4-9)7-11-8-5-10-6-8/h8,10-11H,2-7H2,1H3. The zero-order chi connectivity index (χ0) is 8.44. The van der Waals surface area contributed by atoms with E-state index in [-0.39, 0.29) is 0 Å². The van der Waals surface area contributed by atoms with Crippen LogP contribution in [0, 0.1) is 0 Å². The molecule has 1 aliphatic carbocycles. The van der Waals surface area contributed by atoms with Gasteiger partial charge < -0.3 is 10.6 Å². The second kappa shape index (κ2) is 3.56. The molecule has 2 rings (SSSR count). The number of rotatable bonds is 4. The second-order valence-electron chi connectivity index (χ2n) is 3.98. The molecule has 0 radical (unpaired) electrons. The van der Waals surface area contributed by atoms with E-state index in [1.807, 2.05) is 0 Å². The highest BCUT2D eigenvalue weighted by Gasteiger charge is 2.36. The Morgan fingerprint density at radius 3 is 2.58 bits per heavy atom. The smallest absolute Gasteiger partial charge is 0.0318 e. The molecule has 3 heteroatoms. The van der Waals surface area contributed by atoms with Gasteiger partial charge in [-0.15, -0.1) is 0 Å². The van der Waals surface area contributed by atoms with Gasteiger partial charge in [-0.25, -0.2) is 0 Å². The van der Waals surface area contributed by atoms with Crippen molar-refractivity contribution in [3.8, 4) is 0 Å². The summed E-state index contributed by atoms with van der Waals surface area (Å²) in [6, 6.07) is 0.759. The van der Waals surface area contributed by atoms with Crippen molar-refractivity contribution in [2.75, 3.05) is 25.9 Å². The molecule has 1 saturated heterocycles. The van der Waals surface area contributed by atoms with Crippen LogP contribution in [0.2, 0.25) is 0 Å². The van der Waals surface area contributed by atoms with Crippen LogP contribution in [0.3, 0.4) is 0 Å². The van der Waals surface area contributed by atoms with Crippen molar-refractivity contribution in [2.24, 2.45) is 0 Å². The van der Waals surface area contributed by atoms with Crippen LogP contribution in [0.5, 0.6) is 0 Å². The van der Waals surface area contributed by atoms with E-state index in [4.69, 9.17) is 0 Å². The van der Waals surface area contributed by atoms with Crippen LogP contribution >= 0.6 is 11.8 Å². The summed E-state index contributed by atoms with van der Waals surface area (Å²) in [5.41, 5.74) is 0. The van der Waals surface area contributed by atoms with Crippen LogP contribution in [0.15, 0.2) is 0 Å². The van der Waals surface area contributed by atoms with E-state index >= 15 is 0 Å². The maximum Gasteiger partial charge on any atom is 0.0318 e. The van der Waals surface area contributed by atoms with E-state index in [1.165, 1.54) is 38.9 Å². The third-order valence-electron chi connectivity index (χ3n) is 3.19. The van der Waals surface area contributed by atoms with Gasteiger partial charge >= 0.3 is 0 Å². The monoisotopic (exact) mass is 186 g/mol. The zero-order valence-corrected chi connectivity index (χ0v) is 8.54. The molecule has 0 spiro atoms. The summed E-state index contributed by atoms with van der Waals surface area (Å²) in [5, 5.41) is 6.91. The third kappa shape index (κ3) is 1.63. The molecule has 0 aromatic carbocycles. The van der Waals surface area contributed by atoms with E-state index < -0.39 is 0 Å². The Hall–Kier alpha value is 0.270. The zero-order valence-electron chi connectivity index (χ0n) is 7.73. The largest absolute Gasteiger partial charge is 0.314 e. The van der Waals surface area contributed by atoms with Crippen molar-refractivity contribution in [1.82, 2.24) is 10.6 Å². The summed E-state index contributed by atoms with van der Waals surface area (Å²) >= 11 is 2.05. The van der Waals surface area contributed by atoms with Gasteiger partial charge in [-0.2, -0.15) is 11.8 Å². The lowest BCUT2D eigenvalue weighted by molar-refractivity contribution is 0.296. The minimum atomic E-state index is 0.607. The SMILES string of the molecule is CSC1(CNC2CNC2)CCC1. The number of thioether (sulfide) groups is 1. The fourth-order valence-electron chi connectivity index (χ4n) is 1.79. The number of nitrogens with one attached hydrogen (secondary N) is 2. The molecular weight excluding hydrogens is 168 g/mol. The summed E-state index contributed by atoms with van der Waals surface area (Å²) in [6.07, 6.45) is 6.52. The van der Waals surface area contributed by atoms with Crippen molar-refractivity contribution in [1.29, 1.82) is 0 Å². The summed E-state index contributed by atoms with van der Waals surface area (Å²) in [7, 11) is 0. The molecule has 0 aromatic rings. The summed E-state index contributed by atoms with van der Waals surface area (Å²) in [4.78, 5) is 0. The first-order valence-corrected chi connectivity index (χ1v) is 6.06. The van der Waals surface area contributed by atoms with Crippen LogP contribution in [-0.4, -0.2) is 36.7 Å². The minimum Gasteiger partial charge on any atom is -0.314 e. The summed E-state index contributed by atoms with van der Waals surface area (Å²) in [5.74, 6) is 0. The fourth-order valence-corrected chi connectivity index (χ4v) is 2.71. The lowest BCUT2D eigenvalue weighted by Crippen LogP contribution is -2.58. The van der Waals surface area contributed by atoms with Crippen LogP contribution < -0.4 is 10.6 Å². The van der Waals surface area contributed by atoms with Crippen molar-refractivity contribution >= 4 is 11.8 Å². The first kappa shape index (κ1) is 8.85. The molecule has 0 amide bonds. The third-order valence-corrected chi connectivity index (χ3v) is 4.61. The second-order valence-corrected chi connectivity index (χ2v) is 5.25. The maximum atomic E-state index is 3.63. The summed E-state index contributed by atoms with van der Waals surface area (Å²) < 4.78 is 0.607. The van der Waals surface area contributed by atoms with Crippen molar-refractivity contribution < 1.29 is 0 Å². The van der Waals surface area contributed by atoms with E-state index in [1.54, 1.807) is 0 Å². The lowest BCUT2D eigenvalue weighted by Gasteiger charge is -2.42. The van der Waals surface area contributed by atoms with Gasteiger partial charge in [0.25, 0.3) is 0 Å². The van der Waals surface area contributed by atoms with Gasteiger partial charge in [0.05, 0.1) is 0 Å². The van der Waals surface area contributed by atoms with Gasteiger partial charge in [0.2, 0.25) is 0 Å². The van der Waals surface area contributed by atoms with Crippen molar-refractivity contribution in [3.63, 3.8) is 0 Å². The van der Waals surface area contributed by atoms with Gasteiger partial charge in [0.1, 0.15) is 0 Å². The molecular formula is C9H18N2S. The Balaban J connectivity index is 1.69. The Morgan fingerprint density at radius 1 is 1.50 bits per heavy atom. The predicted octanol–water partition coefficient (Wildman–Crippen LogP) is 0.833. The Labute approximate surface area is 78.9 Å². The molecule has 0 atom stereocenters. The molecule has 1 saturated carbocycles. The molecule has 70 valence electrons. The van der Waals surface area contributed by atoms with Gasteiger partial charge in [0, 0.05) is 30.4 Å². The molecule has 1 aliphatic heterocycles. The Kier molecular flexibility index (Phi) is 2.63. The van der Waals surface area contributed by atoms with Crippen LogP contribution in [0.4, 0.5) is 0 Å². The molecule has 0 unspecified atom stereocenters. The van der Waals surface area contributed by atoms with Gasteiger partial charge in [-0.05, 0) is 19.1 Å². The average Bonchev–Trinajstić information content (AvgIpc) is 1.91. The molecule has 0 bridgehead atoms. The normalized spacial score (nSPS) is 27.8. The van der Waals surface area contributed by atoms with E-state index in [9.17, 15) is 0 Å². The number of hydrogen-bond donors (Lipinski definition) is 2. The van der Waals surface area contributed by atoms with Crippen molar-refractivity contribution in [2.45, 2.75) is 30.1 Å². The molecule has 2 fully saturated rings. The molecule has 12 heavy (non-hydrogen) atoms. The van der Waals surface area contributed by atoms with Crippen LogP contribution in [0.1, 0.15) is 19.3 Å². The first-order valence-electron chi connectivity index (χ1n) is 4.84. The molecule has 2 aliphatic rings. The first-order chi connectivity index (χ1) is 5.85. The molecule has 1 heterocycles. The highest BCUT2D eigenvalue weighted by molar-refractivity contribution is 8.00. The predicted molar refractivity (Wildman–Crippen MR) is 54.8 cm³/mol. The lowest BCUT2D eigenvalue weighted by atomic mass is 9.84. The average molecular weight is 186 g/mol. The quantitative estimate of drug-likeness (QED) is 0.680. The van der Waals surface area contributed by atoms with Crippen molar-refractivity contribution in [3.05, 3.63) is 0 Å². The van der Waals surface area contributed by atoms with E-state index in [2.05, 4.69) is 28.7 Å². The van der Waals surface area contributed by atoms with E-state index in [0.717, 1.165) is 6.04 Å². The van der Waals surface area contributed by atoms with Crippen LogP contribution in [-0.2, 0) is 0 Å². The Morgan fingerprint density at radius 2 is 2.25 bits per heavy atom. The molecule has 2 N–H and O–H groups in total. The Bertz CT molecular complexity index is 147. The molecule has 2 nitrogen and oxygen atoms in total. The number of hydrogen-bond acceptors (Lipinski definition) is 3. The minimum absolute atomic E-state index is 0.607. The summed E-state index contributed by atoms with van der Waals surface area (Å²) in [6.45, 7) is 3.56. The highest BCUT2D eigenvalue weighted by Crippen LogP contribution is 2.42.